The van der Waals surface area contributed by atoms with Crippen LogP contribution in [0.5, 0.6) is 5.88 Å². The molecule has 162 valence electrons. The third-order valence-corrected chi connectivity index (χ3v) is 4.96. The maximum absolute atomic E-state index is 11.4. The van der Waals surface area contributed by atoms with Gasteiger partial charge in [0.1, 0.15) is 17.2 Å². The molecule has 1 amide bonds. The maximum Gasteiger partial charge on any atom is 0.222 e. The molecule has 0 aromatic carbocycles. The fourth-order valence-electron chi connectivity index (χ4n) is 3.81. The van der Waals surface area contributed by atoms with E-state index in [4.69, 9.17) is 9.72 Å². The predicted octanol–water partition coefficient (Wildman–Crippen LogP) is 4.02. The van der Waals surface area contributed by atoms with Crippen LogP contribution in [-0.2, 0) is 4.79 Å². The summed E-state index contributed by atoms with van der Waals surface area (Å²) in [4.78, 5) is 22.6. The minimum Gasteiger partial charge on any atom is -0.472 e. The fourth-order valence-corrected chi connectivity index (χ4v) is 3.81. The Balaban J connectivity index is 2.06. The van der Waals surface area contributed by atoms with Crippen molar-refractivity contribution in [2.45, 2.75) is 71.6 Å². The smallest absolute Gasteiger partial charge is 0.222 e. The molecule has 2 N–H and O–H groups in total. The number of hydrogen-bond acceptors (Lipinski definition) is 6. The Morgan fingerprint density at radius 2 is 1.93 bits per heavy atom. The highest BCUT2D eigenvalue weighted by Gasteiger charge is 2.37. The van der Waals surface area contributed by atoms with E-state index >= 15 is 0 Å². The number of carbonyl (C=O) groups is 1. The lowest BCUT2D eigenvalue weighted by Crippen LogP contribution is -2.46. The first-order chi connectivity index (χ1) is 13.9. The minimum absolute atomic E-state index is 0.0184. The Hall–Kier alpha value is -2.67. The summed E-state index contributed by atoms with van der Waals surface area (Å²) in [5.41, 5.74) is 0.572. The number of ether oxygens (including phenoxy) is 1. The van der Waals surface area contributed by atoms with Gasteiger partial charge in [0.05, 0.1) is 11.6 Å². The van der Waals surface area contributed by atoms with Gasteiger partial charge in [0.2, 0.25) is 11.8 Å². The summed E-state index contributed by atoms with van der Waals surface area (Å²) in [5.74, 6) is 1.62. The van der Waals surface area contributed by atoms with E-state index < -0.39 is 11.2 Å². The lowest BCUT2D eigenvalue weighted by molar-refractivity contribution is -0.114. The Kier molecular flexibility index (Phi) is 6.04. The van der Waals surface area contributed by atoms with E-state index in [1.54, 1.807) is 6.20 Å². The molecular weight excluding hydrogens is 380 g/mol. The first-order valence-electron chi connectivity index (χ1n) is 10.4. The number of nitrogens with one attached hydrogen (secondary N) is 1. The van der Waals surface area contributed by atoms with Crippen molar-refractivity contribution in [1.82, 2.24) is 9.97 Å². The van der Waals surface area contributed by atoms with Crippen LogP contribution in [0.3, 0.4) is 0 Å². The summed E-state index contributed by atoms with van der Waals surface area (Å²) in [7, 11) is 0. The highest BCUT2D eigenvalue weighted by atomic mass is 16.5. The molecule has 0 radical (unpaired) electrons. The number of aromatic nitrogens is 2. The second kappa shape index (κ2) is 8.22. The number of anilines is 2. The number of rotatable bonds is 5. The Morgan fingerprint density at radius 1 is 1.20 bits per heavy atom. The van der Waals surface area contributed by atoms with Crippen LogP contribution in [0, 0.1) is 0 Å². The summed E-state index contributed by atoms with van der Waals surface area (Å²) < 4.78 is 6.09. The van der Waals surface area contributed by atoms with Crippen LogP contribution < -0.4 is 15.0 Å². The molecule has 1 atom stereocenters. The largest absolute Gasteiger partial charge is 0.472 e. The van der Waals surface area contributed by atoms with Gasteiger partial charge >= 0.3 is 0 Å². The first kappa shape index (κ1) is 22.0. The topological polar surface area (TPSA) is 87.6 Å². The summed E-state index contributed by atoms with van der Waals surface area (Å²) >= 11 is 0. The van der Waals surface area contributed by atoms with Gasteiger partial charge in [-0.1, -0.05) is 0 Å². The van der Waals surface area contributed by atoms with E-state index in [0.717, 1.165) is 36.3 Å². The van der Waals surface area contributed by atoms with Crippen LogP contribution >= 0.6 is 0 Å². The van der Waals surface area contributed by atoms with Gasteiger partial charge in [-0.05, 0) is 76.8 Å². The van der Waals surface area contributed by atoms with E-state index in [1.165, 1.54) is 6.92 Å². The van der Waals surface area contributed by atoms with Crippen molar-refractivity contribution in [1.29, 1.82) is 0 Å². The zero-order valence-corrected chi connectivity index (χ0v) is 18.7. The van der Waals surface area contributed by atoms with E-state index in [-0.39, 0.29) is 11.9 Å². The number of hydrogen-bond donors (Lipinski definition) is 2. The van der Waals surface area contributed by atoms with Gasteiger partial charge in [-0.25, -0.2) is 4.98 Å². The number of carbonyl (C=O) groups excluding carboxylic acids is 1. The maximum atomic E-state index is 11.4. The number of nitrogens with zero attached hydrogens (tertiary/aromatic N) is 3. The molecule has 30 heavy (non-hydrogen) atoms. The number of aliphatic hydroxyl groups is 1. The quantitative estimate of drug-likeness (QED) is 0.771. The van der Waals surface area contributed by atoms with Crippen molar-refractivity contribution in [3.8, 4) is 17.0 Å². The third-order valence-electron chi connectivity index (χ3n) is 4.96. The molecule has 3 heterocycles. The monoisotopic (exact) mass is 412 g/mol. The van der Waals surface area contributed by atoms with Gasteiger partial charge in [0.15, 0.2) is 0 Å². The molecule has 0 bridgehead atoms. The average molecular weight is 413 g/mol. The van der Waals surface area contributed by atoms with Crippen LogP contribution in [0.15, 0.2) is 30.5 Å². The number of pyridine rings is 2. The molecular formula is C23H32N4O3. The molecule has 2 aromatic heterocycles. The van der Waals surface area contributed by atoms with Gasteiger partial charge in [0, 0.05) is 25.7 Å². The highest BCUT2D eigenvalue weighted by molar-refractivity contribution is 5.88. The molecule has 0 saturated carbocycles. The average Bonchev–Trinajstić information content (AvgIpc) is 3.10. The second-order valence-electron chi connectivity index (χ2n) is 9.38. The lowest BCUT2D eigenvalue weighted by atomic mass is 9.96. The predicted molar refractivity (Wildman–Crippen MR) is 119 cm³/mol. The minimum atomic E-state index is -0.839. The van der Waals surface area contributed by atoms with Gasteiger partial charge in [-0.2, -0.15) is 4.98 Å². The van der Waals surface area contributed by atoms with Gasteiger partial charge in [-0.15, -0.1) is 0 Å². The van der Waals surface area contributed by atoms with Crippen molar-refractivity contribution < 1.29 is 14.6 Å². The molecule has 7 heteroatoms. The summed E-state index contributed by atoms with van der Waals surface area (Å²) in [6.07, 6.45) is 3.57. The van der Waals surface area contributed by atoms with Gasteiger partial charge in [0.25, 0.3) is 0 Å². The van der Waals surface area contributed by atoms with E-state index in [9.17, 15) is 9.90 Å². The summed E-state index contributed by atoms with van der Waals surface area (Å²) in [6.45, 7) is 11.9. The van der Waals surface area contributed by atoms with E-state index in [1.807, 2.05) is 58.9 Å². The lowest BCUT2D eigenvalue weighted by Gasteiger charge is -2.35. The molecule has 1 unspecified atom stereocenters. The standard InChI is InChI=1S/C23H32N4O3/c1-15(28)25-19-12-16(9-10-24-19)17-13-20(26-21(14-17)30-22(2,3)4)27-11-7-8-18(27)23(5,6)29/h9-10,12-14,18,29H,7-8,11H2,1-6H3,(H,24,25,28). The van der Waals surface area contributed by atoms with Crippen LogP contribution in [0.4, 0.5) is 11.6 Å². The second-order valence-corrected chi connectivity index (χ2v) is 9.38. The van der Waals surface area contributed by atoms with Gasteiger partial charge < -0.3 is 20.1 Å². The molecule has 1 aliphatic rings. The summed E-state index contributed by atoms with van der Waals surface area (Å²) in [5, 5.41) is 13.4. The van der Waals surface area contributed by atoms with E-state index in [0.29, 0.717) is 11.7 Å². The molecule has 1 aliphatic heterocycles. The molecule has 0 spiro atoms. The summed E-state index contributed by atoms with van der Waals surface area (Å²) in [6, 6.07) is 7.61. The zero-order valence-electron chi connectivity index (χ0n) is 18.7. The Bertz CT molecular complexity index is 915. The molecule has 0 aliphatic carbocycles. The Morgan fingerprint density at radius 3 is 2.57 bits per heavy atom. The molecule has 3 rings (SSSR count). The highest BCUT2D eigenvalue weighted by Crippen LogP contribution is 2.35. The molecule has 7 nitrogen and oxygen atoms in total. The van der Waals surface area contributed by atoms with Crippen molar-refractivity contribution >= 4 is 17.5 Å². The first-order valence-corrected chi connectivity index (χ1v) is 10.4. The molecule has 1 fully saturated rings. The van der Waals surface area contributed by atoms with Crippen LogP contribution in [0.1, 0.15) is 54.4 Å². The van der Waals surface area contributed by atoms with Crippen LogP contribution in [0.2, 0.25) is 0 Å². The van der Waals surface area contributed by atoms with E-state index in [2.05, 4.69) is 15.2 Å². The third kappa shape index (κ3) is 5.48. The fraction of sp³-hybridized carbons (Fsp3) is 0.522. The van der Waals surface area contributed by atoms with Crippen molar-refractivity contribution in [3.63, 3.8) is 0 Å². The van der Waals surface area contributed by atoms with Crippen LogP contribution in [0.25, 0.3) is 11.1 Å². The van der Waals surface area contributed by atoms with Crippen molar-refractivity contribution in [3.05, 3.63) is 30.5 Å². The molecule has 1 saturated heterocycles. The zero-order chi connectivity index (χ0) is 22.1. The van der Waals surface area contributed by atoms with Crippen molar-refractivity contribution in [2.24, 2.45) is 0 Å². The SMILES string of the molecule is CC(=O)Nc1cc(-c2cc(OC(C)(C)C)nc(N3CCCC3C(C)(C)O)c2)ccn1. The Labute approximate surface area is 178 Å². The number of amides is 1. The normalized spacial score (nSPS) is 17.2. The van der Waals surface area contributed by atoms with Crippen LogP contribution in [-0.4, -0.2) is 44.8 Å². The molecule has 2 aromatic rings. The van der Waals surface area contributed by atoms with Gasteiger partial charge in [-0.3, -0.25) is 4.79 Å². The van der Waals surface area contributed by atoms with Crippen molar-refractivity contribution in [2.75, 3.05) is 16.8 Å².